The first-order chi connectivity index (χ1) is 8.61. The summed E-state index contributed by atoms with van der Waals surface area (Å²) in [4.78, 5) is 2.45. The highest BCUT2D eigenvalue weighted by molar-refractivity contribution is 5.25. The van der Waals surface area contributed by atoms with Crippen LogP contribution in [0.25, 0.3) is 0 Å². The monoisotopic (exact) mass is 246 g/mol. The number of rotatable bonds is 6. The van der Waals surface area contributed by atoms with Crippen molar-refractivity contribution in [2.45, 2.75) is 45.2 Å². The summed E-state index contributed by atoms with van der Waals surface area (Å²) in [5.41, 5.74) is 9.01. The summed E-state index contributed by atoms with van der Waals surface area (Å²) in [6.45, 7) is 5.50. The third-order valence-corrected chi connectivity index (χ3v) is 4.01. The highest BCUT2D eigenvalue weighted by atomic mass is 15.2. The molecule has 1 aliphatic rings. The zero-order valence-corrected chi connectivity index (χ0v) is 11.9. The van der Waals surface area contributed by atoms with Gasteiger partial charge in [-0.3, -0.25) is 4.90 Å². The predicted molar refractivity (Wildman–Crippen MR) is 77.5 cm³/mol. The van der Waals surface area contributed by atoms with E-state index >= 15 is 0 Å². The van der Waals surface area contributed by atoms with E-state index in [2.05, 4.69) is 50.1 Å². The van der Waals surface area contributed by atoms with Crippen molar-refractivity contribution in [1.82, 2.24) is 4.90 Å². The Balaban J connectivity index is 2.14. The standard InChI is InChI=1S/C16H26N2/c1-4-15(17)16(18(3)11-13-7-8-13)14-9-5-12(2)6-10-14/h5-6,9-10,13,15-16H,4,7-8,11,17H2,1-3H3. The minimum atomic E-state index is 0.219. The average Bonchev–Trinajstić information content (AvgIpc) is 3.15. The molecule has 0 aliphatic heterocycles. The van der Waals surface area contributed by atoms with Crippen molar-refractivity contribution in [3.05, 3.63) is 35.4 Å². The van der Waals surface area contributed by atoms with E-state index < -0.39 is 0 Å². The van der Waals surface area contributed by atoms with Crippen molar-refractivity contribution in [3.8, 4) is 0 Å². The molecule has 1 fully saturated rings. The van der Waals surface area contributed by atoms with Crippen molar-refractivity contribution < 1.29 is 0 Å². The first-order valence-corrected chi connectivity index (χ1v) is 7.14. The molecule has 2 rings (SSSR count). The maximum Gasteiger partial charge on any atom is 0.0496 e. The Hall–Kier alpha value is -0.860. The Kier molecular flexibility index (Phi) is 4.41. The van der Waals surface area contributed by atoms with Gasteiger partial charge < -0.3 is 5.73 Å². The number of aryl methyl sites for hydroxylation is 1. The average molecular weight is 246 g/mol. The van der Waals surface area contributed by atoms with Crippen LogP contribution in [0.5, 0.6) is 0 Å². The zero-order chi connectivity index (χ0) is 13.1. The van der Waals surface area contributed by atoms with E-state index in [1.807, 2.05) is 0 Å². The van der Waals surface area contributed by atoms with Crippen molar-refractivity contribution in [1.29, 1.82) is 0 Å². The zero-order valence-electron chi connectivity index (χ0n) is 11.9. The summed E-state index contributed by atoms with van der Waals surface area (Å²) in [5.74, 6) is 0.909. The molecule has 1 saturated carbocycles. The Morgan fingerprint density at radius 1 is 1.28 bits per heavy atom. The van der Waals surface area contributed by atoms with E-state index in [4.69, 9.17) is 5.73 Å². The molecule has 0 bridgehead atoms. The van der Waals surface area contributed by atoms with Gasteiger partial charge in [-0.2, -0.15) is 0 Å². The molecule has 2 nitrogen and oxygen atoms in total. The van der Waals surface area contributed by atoms with Crippen LogP contribution in [0.15, 0.2) is 24.3 Å². The molecule has 1 aromatic carbocycles. The van der Waals surface area contributed by atoms with Crippen LogP contribution >= 0.6 is 0 Å². The van der Waals surface area contributed by atoms with Crippen LogP contribution in [-0.2, 0) is 0 Å². The molecule has 1 aromatic rings. The molecular weight excluding hydrogens is 220 g/mol. The van der Waals surface area contributed by atoms with Gasteiger partial charge in [0.25, 0.3) is 0 Å². The second-order valence-corrected chi connectivity index (χ2v) is 5.81. The fraction of sp³-hybridized carbons (Fsp3) is 0.625. The molecule has 0 saturated heterocycles. The van der Waals surface area contributed by atoms with E-state index in [-0.39, 0.29) is 6.04 Å². The van der Waals surface area contributed by atoms with Gasteiger partial charge in [-0.25, -0.2) is 0 Å². The highest BCUT2D eigenvalue weighted by Gasteiger charge is 2.29. The van der Waals surface area contributed by atoms with Crippen molar-refractivity contribution in [2.75, 3.05) is 13.6 Å². The second kappa shape index (κ2) is 5.85. The Labute approximate surface area is 111 Å². The fourth-order valence-corrected chi connectivity index (χ4v) is 2.64. The molecule has 18 heavy (non-hydrogen) atoms. The lowest BCUT2D eigenvalue weighted by Gasteiger charge is -2.33. The molecule has 0 aromatic heterocycles. The molecule has 2 atom stereocenters. The molecule has 2 N–H and O–H groups in total. The number of hydrogen-bond acceptors (Lipinski definition) is 2. The van der Waals surface area contributed by atoms with Crippen LogP contribution in [0.3, 0.4) is 0 Å². The summed E-state index contributed by atoms with van der Waals surface area (Å²) in [6, 6.07) is 9.43. The van der Waals surface area contributed by atoms with Crippen LogP contribution in [0.1, 0.15) is 43.4 Å². The van der Waals surface area contributed by atoms with E-state index in [9.17, 15) is 0 Å². The van der Waals surface area contributed by atoms with Crippen LogP contribution in [-0.4, -0.2) is 24.5 Å². The van der Waals surface area contributed by atoms with Gasteiger partial charge in [0.1, 0.15) is 0 Å². The van der Waals surface area contributed by atoms with E-state index in [1.54, 1.807) is 0 Å². The Bertz CT molecular complexity index is 367. The molecule has 1 aliphatic carbocycles. The Morgan fingerprint density at radius 2 is 1.89 bits per heavy atom. The molecule has 0 amide bonds. The lowest BCUT2D eigenvalue weighted by Crippen LogP contribution is -2.39. The van der Waals surface area contributed by atoms with Gasteiger partial charge in [0.05, 0.1) is 0 Å². The maximum atomic E-state index is 6.34. The number of hydrogen-bond donors (Lipinski definition) is 1. The summed E-state index contributed by atoms with van der Waals surface area (Å²) >= 11 is 0. The summed E-state index contributed by atoms with van der Waals surface area (Å²) in [5, 5.41) is 0. The highest BCUT2D eigenvalue weighted by Crippen LogP contribution is 2.33. The van der Waals surface area contributed by atoms with Gasteiger partial charge in [0.2, 0.25) is 0 Å². The molecule has 0 radical (unpaired) electrons. The minimum Gasteiger partial charge on any atom is -0.326 e. The molecule has 100 valence electrons. The second-order valence-electron chi connectivity index (χ2n) is 5.81. The van der Waals surface area contributed by atoms with Gasteiger partial charge in [0, 0.05) is 18.6 Å². The van der Waals surface area contributed by atoms with Crippen LogP contribution < -0.4 is 5.73 Å². The van der Waals surface area contributed by atoms with Crippen LogP contribution in [0, 0.1) is 12.8 Å². The van der Waals surface area contributed by atoms with Crippen LogP contribution in [0.4, 0.5) is 0 Å². The SMILES string of the molecule is CCC(N)C(c1ccc(C)cc1)N(C)CC1CC1. The lowest BCUT2D eigenvalue weighted by molar-refractivity contribution is 0.202. The number of nitrogens with zero attached hydrogens (tertiary/aromatic N) is 1. The first-order valence-electron chi connectivity index (χ1n) is 7.14. The topological polar surface area (TPSA) is 29.3 Å². The summed E-state index contributed by atoms with van der Waals surface area (Å²) in [7, 11) is 2.22. The van der Waals surface area contributed by atoms with Crippen molar-refractivity contribution in [3.63, 3.8) is 0 Å². The van der Waals surface area contributed by atoms with Gasteiger partial charge >= 0.3 is 0 Å². The van der Waals surface area contributed by atoms with Gasteiger partial charge in [-0.1, -0.05) is 36.8 Å². The van der Waals surface area contributed by atoms with Gasteiger partial charge in [-0.15, -0.1) is 0 Å². The van der Waals surface area contributed by atoms with Crippen molar-refractivity contribution >= 4 is 0 Å². The number of benzene rings is 1. The molecule has 2 unspecified atom stereocenters. The van der Waals surface area contributed by atoms with Gasteiger partial charge in [-0.05, 0) is 44.7 Å². The third-order valence-electron chi connectivity index (χ3n) is 4.01. The summed E-state index contributed by atoms with van der Waals surface area (Å²) < 4.78 is 0. The molecular formula is C16H26N2. The minimum absolute atomic E-state index is 0.219. The summed E-state index contributed by atoms with van der Waals surface area (Å²) in [6.07, 6.45) is 3.81. The largest absolute Gasteiger partial charge is 0.326 e. The molecule has 0 spiro atoms. The van der Waals surface area contributed by atoms with Gasteiger partial charge in [0.15, 0.2) is 0 Å². The lowest BCUT2D eigenvalue weighted by atomic mass is 9.95. The van der Waals surface area contributed by atoms with Crippen molar-refractivity contribution in [2.24, 2.45) is 11.7 Å². The molecule has 0 heterocycles. The quantitative estimate of drug-likeness (QED) is 0.835. The third kappa shape index (κ3) is 3.33. The fourth-order valence-electron chi connectivity index (χ4n) is 2.64. The van der Waals surface area contributed by atoms with E-state index in [1.165, 1.54) is 30.5 Å². The smallest absolute Gasteiger partial charge is 0.0496 e. The van der Waals surface area contributed by atoms with E-state index in [0.717, 1.165) is 12.3 Å². The van der Waals surface area contributed by atoms with E-state index in [0.29, 0.717) is 6.04 Å². The maximum absolute atomic E-state index is 6.34. The van der Waals surface area contributed by atoms with Crippen LogP contribution in [0.2, 0.25) is 0 Å². The normalized spacial score (nSPS) is 18.9. The first kappa shape index (κ1) is 13.6. The Morgan fingerprint density at radius 3 is 2.39 bits per heavy atom. The number of nitrogens with two attached hydrogens (primary N) is 1. The number of likely N-dealkylation sites (N-methyl/N-ethyl adjacent to an activating group) is 1. The predicted octanol–water partition coefficient (Wildman–Crippen LogP) is 3.12. The molecule has 2 heteroatoms.